The molecule has 3 heterocycles. The van der Waals surface area contributed by atoms with Crippen molar-refractivity contribution in [3.05, 3.63) is 96.8 Å². The van der Waals surface area contributed by atoms with Gasteiger partial charge in [-0.05, 0) is 32.1 Å². The first-order valence-electron chi connectivity index (χ1n) is 10.9. The first-order chi connectivity index (χ1) is 16.5. The lowest BCUT2D eigenvalue weighted by molar-refractivity contribution is -0.139. The number of aromatic nitrogens is 2. The maximum atomic E-state index is 13.7. The van der Waals surface area contributed by atoms with Gasteiger partial charge in [-0.1, -0.05) is 47.7 Å². The van der Waals surface area contributed by atoms with E-state index in [9.17, 15) is 9.59 Å². The number of carbonyl (C=O) groups excluding carboxylic acids is 1. The van der Waals surface area contributed by atoms with Gasteiger partial charge in [-0.25, -0.2) is 9.79 Å². The second-order valence-corrected chi connectivity index (χ2v) is 8.84. The molecule has 0 amide bonds. The van der Waals surface area contributed by atoms with E-state index in [1.54, 1.807) is 25.5 Å². The maximum Gasteiger partial charge on any atom is 0.338 e. The van der Waals surface area contributed by atoms with Gasteiger partial charge in [0.15, 0.2) is 4.80 Å². The number of methoxy groups -OCH3 is 1. The van der Waals surface area contributed by atoms with Gasteiger partial charge >= 0.3 is 5.97 Å². The minimum Gasteiger partial charge on any atom is -0.496 e. The van der Waals surface area contributed by atoms with Gasteiger partial charge in [0.2, 0.25) is 0 Å². The Morgan fingerprint density at radius 1 is 1.21 bits per heavy atom. The number of para-hydroxylation sites is 2. The first kappa shape index (κ1) is 21.9. The van der Waals surface area contributed by atoms with Crippen LogP contribution >= 0.6 is 11.3 Å². The molecule has 1 aliphatic rings. The van der Waals surface area contributed by atoms with Crippen molar-refractivity contribution >= 4 is 34.3 Å². The number of nitrogens with one attached hydrogen (secondary N) is 1. The second-order valence-electron chi connectivity index (χ2n) is 7.83. The third-order valence-corrected chi connectivity index (χ3v) is 6.84. The molecule has 4 aromatic rings. The van der Waals surface area contributed by atoms with Crippen LogP contribution in [0.2, 0.25) is 0 Å². The number of ether oxygens (including phenoxy) is 2. The average molecular weight is 474 g/mol. The van der Waals surface area contributed by atoms with E-state index in [1.165, 1.54) is 11.3 Å². The number of hydrogen-bond donors (Lipinski definition) is 1. The quantitative estimate of drug-likeness (QED) is 0.451. The number of H-pyrrole nitrogens is 1. The minimum atomic E-state index is -0.712. The zero-order valence-corrected chi connectivity index (χ0v) is 19.8. The monoisotopic (exact) mass is 473 g/mol. The van der Waals surface area contributed by atoms with Crippen LogP contribution < -0.4 is 19.6 Å². The summed E-state index contributed by atoms with van der Waals surface area (Å²) in [6.45, 7) is 3.74. The van der Waals surface area contributed by atoms with E-state index in [0.29, 0.717) is 31.9 Å². The Hall–Kier alpha value is -3.91. The summed E-state index contributed by atoms with van der Waals surface area (Å²) < 4.78 is 13.0. The Morgan fingerprint density at radius 2 is 1.97 bits per heavy atom. The number of nitrogens with zero attached hydrogens (tertiary/aromatic N) is 2. The Bertz CT molecular complexity index is 1620. The van der Waals surface area contributed by atoms with Crippen molar-refractivity contribution in [2.45, 2.75) is 19.9 Å². The normalized spacial score (nSPS) is 15.9. The molecule has 1 aliphatic heterocycles. The molecule has 2 aromatic carbocycles. The smallest absolute Gasteiger partial charge is 0.338 e. The maximum absolute atomic E-state index is 13.7. The summed E-state index contributed by atoms with van der Waals surface area (Å²) in [4.78, 5) is 35.2. The van der Waals surface area contributed by atoms with E-state index in [1.807, 2.05) is 60.8 Å². The summed E-state index contributed by atoms with van der Waals surface area (Å²) >= 11 is 1.30. The molecule has 8 heteroatoms. The van der Waals surface area contributed by atoms with E-state index in [4.69, 9.17) is 9.47 Å². The molecule has 0 radical (unpaired) electrons. The van der Waals surface area contributed by atoms with Crippen LogP contribution in [0.1, 0.15) is 31.0 Å². The Labute approximate surface area is 199 Å². The van der Waals surface area contributed by atoms with Crippen molar-refractivity contribution in [3.63, 3.8) is 0 Å². The fraction of sp³-hybridized carbons (Fsp3) is 0.192. The molecule has 172 valence electrons. The Kier molecular flexibility index (Phi) is 5.67. The van der Waals surface area contributed by atoms with Gasteiger partial charge < -0.3 is 14.5 Å². The molecule has 1 atom stereocenters. The summed E-state index contributed by atoms with van der Waals surface area (Å²) in [7, 11) is 1.57. The lowest BCUT2D eigenvalue weighted by Gasteiger charge is -2.25. The number of thiazole rings is 1. The van der Waals surface area contributed by atoms with Crippen molar-refractivity contribution < 1.29 is 14.3 Å². The van der Waals surface area contributed by atoms with Crippen LogP contribution in [0.25, 0.3) is 17.0 Å². The second kappa shape index (κ2) is 8.79. The largest absolute Gasteiger partial charge is 0.496 e. The number of esters is 1. The molecule has 5 rings (SSSR count). The molecule has 0 saturated heterocycles. The standard InChI is InChI=1S/C26H23N3O4S/c1-4-33-25(31)22-15(2)28-26-29(23(22)18-10-6-8-12-20(18)32-3)24(30)21(34-26)13-16-14-27-19-11-7-5-9-17(16)19/h5-14,23,27H,4H2,1-3H3/b21-13-/t23-/m1/s1. The van der Waals surface area contributed by atoms with E-state index in [-0.39, 0.29) is 12.2 Å². The third kappa shape index (κ3) is 3.56. The van der Waals surface area contributed by atoms with Crippen molar-refractivity contribution in [1.82, 2.24) is 9.55 Å². The predicted molar refractivity (Wildman–Crippen MR) is 132 cm³/mol. The molecule has 0 saturated carbocycles. The number of rotatable bonds is 5. The molecular formula is C26H23N3O4S. The highest BCUT2D eigenvalue weighted by atomic mass is 32.1. The summed E-state index contributed by atoms with van der Waals surface area (Å²) in [5, 5.41) is 1.03. The van der Waals surface area contributed by atoms with E-state index in [2.05, 4.69) is 9.98 Å². The molecule has 1 N–H and O–H groups in total. The van der Waals surface area contributed by atoms with Crippen LogP contribution in [-0.4, -0.2) is 29.2 Å². The fourth-order valence-corrected chi connectivity index (χ4v) is 5.37. The SMILES string of the molecule is CCOC(=O)C1=C(C)N=c2s/c(=C\c3c[nH]c4ccccc34)c(=O)n2[C@@H]1c1ccccc1OC. The lowest BCUT2D eigenvalue weighted by atomic mass is 9.95. The van der Waals surface area contributed by atoms with Crippen LogP contribution in [0, 0.1) is 0 Å². The van der Waals surface area contributed by atoms with Gasteiger partial charge in [-0.3, -0.25) is 9.36 Å². The van der Waals surface area contributed by atoms with Crippen molar-refractivity contribution in [2.24, 2.45) is 4.99 Å². The van der Waals surface area contributed by atoms with Gasteiger partial charge in [0.05, 0.1) is 29.5 Å². The fourth-order valence-electron chi connectivity index (χ4n) is 4.33. The number of hydrogen-bond acceptors (Lipinski definition) is 6. The van der Waals surface area contributed by atoms with Crippen LogP contribution in [0.3, 0.4) is 0 Å². The van der Waals surface area contributed by atoms with E-state index < -0.39 is 12.0 Å². The Morgan fingerprint density at radius 3 is 2.76 bits per heavy atom. The van der Waals surface area contributed by atoms with Gasteiger partial charge in [-0.15, -0.1) is 0 Å². The number of benzene rings is 2. The zero-order chi connectivity index (χ0) is 23.8. The molecule has 7 nitrogen and oxygen atoms in total. The Balaban J connectivity index is 1.77. The zero-order valence-electron chi connectivity index (χ0n) is 19.0. The molecule has 2 aromatic heterocycles. The van der Waals surface area contributed by atoms with Crippen LogP contribution in [0.4, 0.5) is 0 Å². The van der Waals surface area contributed by atoms with Gasteiger partial charge in [0.25, 0.3) is 5.56 Å². The van der Waals surface area contributed by atoms with Gasteiger partial charge in [0, 0.05) is 28.2 Å². The van der Waals surface area contributed by atoms with Crippen molar-refractivity contribution in [1.29, 1.82) is 0 Å². The highest BCUT2D eigenvalue weighted by Crippen LogP contribution is 2.35. The molecule has 0 unspecified atom stereocenters. The van der Waals surface area contributed by atoms with Crippen LogP contribution in [0.5, 0.6) is 5.75 Å². The summed E-state index contributed by atoms with van der Waals surface area (Å²) in [5.41, 5.74) is 3.23. The third-order valence-electron chi connectivity index (χ3n) is 5.86. The molecule has 0 spiro atoms. The highest BCUT2D eigenvalue weighted by molar-refractivity contribution is 7.07. The molecule has 0 fully saturated rings. The highest BCUT2D eigenvalue weighted by Gasteiger charge is 2.34. The number of aromatic amines is 1. The van der Waals surface area contributed by atoms with Gasteiger partial charge in [-0.2, -0.15) is 0 Å². The first-order valence-corrected chi connectivity index (χ1v) is 11.7. The van der Waals surface area contributed by atoms with E-state index >= 15 is 0 Å². The van der Waals surface area contributed by atoms with Crippen LogP contribution in [-0.2, 0) is 9.53 Å². The topological polar surface area (TPSA) is 85.7 Å². The lowest BCUT2D eigenvalue weighted by Crippen LogP contribution is -2.40. The number of fused-ring (bicyclic) bond motifs is 2. The number of carbonyl (C=O) groups is 1. The van der Waals surface area contributed by atoms with Crippen LogP contribution in [0.15, 0.2) is 75.8 Å². The summed E-state index contributed by atoms with van der Waals surface area (Å²) in [6, 6.07) is 14.6. The minimum absolute atomic E-state index is 0.221. The van der Waals surface area contributed by atoms with Crippen molar-refractivity contribution in [3.8, 4) is 5.75 Å². The summed E-state index contributed by atoms with van der Waals surface area (Å²) in [6.07, 6.45) is 3.75. The molecular weight excluding hydrogens is 450 g/mol. The molecule has 0 bridgehead atoms. The van der Waals surface area contributed by atoms with Gasteiger partial charge in [0.1, 0.15) is 11.8 Å². The van der Waals surface area contributed by atoms with E-state index in [0.717, 1.165) is 16.5 Å². The molecule has 0 aliphatic carbocycles. The number of allylic oxidation sites excluding steroid dienone is 1. The predicted octanol–water partition coefficient (Wildman–Crippen LogP) is 3.29. The average Bonchev–Trinajstić information content (AvgIpc) is 3.39. The summed E-state index contributed by atoms with van der Waals surface area (Å²) in [5.74, 6) is 0.0840. The molecule has 34 heavy (non-hydrogen) atoms. The van der Waals surface area contributed by atoms with Crippen molar-refractivity contribution in [2.75, 3.05) is 13.7 Å².